The molecule has 5 heteroatoms. The first-order valence-corrected chi connectivity index (χ1v) is 4.55. The predicted molar refractivity (Wildman–Crippen MR) is 48.3 cm³/mol. The van der Waals surface area contributed by atoms with Crippen LogP contribution in [0.2, 0.25) is 0 Å². The van der Waals surface area contributed by atoms with E-state index in [-0.39, 0.29) is 5.78 Å². The van der Waals surface area contributed by atoms with E-state index in [1.807, 2.05) is 6.07 Å². The predicted octanol–water partition coefficient (Wildman–Crippen LogP) is 1.22. The SMILES string of the molecule is CC(=O)C(C)(C#N)c1nnc(C)s1. The van der Waals surface area contributed by atoms with Crippen molar-refractivity contribution in [3.63, 3.8) is 0 Å². The van der Waals surface area contributed by atoms with Crippen molar-refractivity contribution in [3.8, 4) is 6.07 Å². The average Bonchev–Trinajstić information content (AvgIpc) is 2.50. The highest BCUT2D eigenvalue weighted by Crippen LogP contribution is 2.26. The van der Waals surface area contributed by atoms with Gasteiger partial charge in [-0.3, -0.25) is 4.79 Å². The molecule has 13 heavy (non-hydrogen) atoms. The van der Waals surface area contributed by atoms with Gasteiger partial charge in [0, 0.05) is 0 Å². The van der Waals surface area contributed by atoms with Crippen LogP contribution in [0.4, 0.5) is 0 Å². The number of Topliss-reactive ketones (excluding diaryl/α,β-unsaturated/α-hetero) is 1. The Hall–Kier alpha value is -1.28. The van der Waals surface area contributed by atoms with Crippen molar-refractivity contribution in [1.82, 2.24) is 10.2 Å². The number of aromatic nitrogens is 2. The van der Waals surface area contributed by atoms with Crippen LogP contribution >= 0.6 is 11.3 Å². The maximum Gasteiger partial charge on any atom is 0.165 e. The summed E-state index contributed by atoms with van der Waals surface area (Å²) in [5, 5.41) is 17.7. The Labute approximate surface area is 80.2 Å². The van der Waals surface area contributed by atoms with Gasteiger partial charge in [0.25, 0.3) is 0 Å². The fourth-order valence-corrected chi connectivity index (χ4v) is 1.61. The molecule has 0 bridgehead atoms. The minimum absolute atomic E-state index is 0.203. The van der Waals surface area contributed by atoms with E-state index in [1.165, 1.54) is 18.3 Å². The molecule has 1 rings (SSSR count). The first-order chi connectivity index (χ1) is 6.00. The standard InChI is InChI=1S/C8H9N3OS/c1-5(12)8(3,4-9)7-11-10-6(2)13-7/h1-3H3. The van der Waals surface area contributed by atoms with Crippen molar-refractivity contribution in [2.75, 3.05) is 0 Å². The van der Waals surface area contributed by atoms with Gasteiger partial charge in [-0.25, -0.2) is 0 Å². The zero-order valence-electron chi connectivity index (χ0n) is 7.66. The maximum atomic E-state index is 11.2. The van der Waals surface area contributed by atoms with E-state index >= 15 is 0 Å². The largest absolute Gasteiger partial charge is 0.298 e. The molecule has 0 aliphatic carbocycles. The molecule has 4 nitrogen and oxygen atoms in total. The molecule has 0 saturated carbocycles. The molecule has 0 aliphatic heterocycles. The van der Waals surface area contributed by atoms with E-state index in [1.54, 1.807) is 13.8 Å². The summed E-state index contributed by atoms with van der Waals surface area (Å²) in [7, 11) is 0. The zero-order valence-corrected chi connectivity index (χ0v) is 8.47. The highest BCUT2D eigenvalue weighted by atomic mass is 32.1. The molecule has 0 fully saturated rings. The molecule has 0 amide bonds. The molecule has 1 atom stereocenters. The third-order valence-electron chi connectivity index (χ3n) is 1.88. The van der Waals surface area contributed by atoms with Gasteiger partial charge in [0.15, 0.2) is 11.2 Å². The normalized spacial score (nSPS) is 14.6. The highest BCUT2D eigenvalue weighted by molar-refractivity contribution is 7.11. The van der Waals surface area contributed by atoms with Crippen molar-refractivity contribution in [1.29, 1.82) is 5.26 Å². The topological polar surface area (TPSA) is 66.6 Å². The molecule has 0 aliphatic rings. The molecule has 1 unspecified atom stereocenters. The fourth-order valence-electron chi connectivity index (χ4n) is 0.776. The smallest absolute Gasteiger partial charge is 0.165 e. The summed E-state index contributed by atoms with van der Waals surface area (Å²) in [6, 6.07) is 1.97. The van der Waals surface area contributed by atoms with Crippen LogP contribution in [0.25, 0.3) is 0 Å². The molecular formula is C8H9N3OS. The van der Waals surface area contributed by atoms with Crippen LogP contribution in [0.15, 0.2) is 0 Å². The van der Waals surface area contributed by atoms with Gasteiger partial charge in [-0.1, -0.05) is 11.3 Å². The first-order valence-electron chi connectivity index (χ1n) is 3.73. The van der Waals surface area contributed by atoms with E-state index in [0.29, 0.717) is 5.01 Å². The number of carbonyl (C=O) groups is 1. The van der Waals surface area contributed by atoms with E-state index in [9.17, 15) is 4.79 Å². The molecule has 0 aromatic carbocycles. The molecule has 1 aromatic heterocycles. The minimum atomic E-state index is -1.13. The van der Waals surface area contributed by atoms with Gasteiger partial charge in [0.05, 0.1) is 6.07 Å². The van der Waals surface area contributed by atoms with Crippen LogP contribution in [-0.4, -0.2) is 16.0 Å². The fraction of sp³-hybridized carbons (Fsp3) is 0.500. The van der Waals surface area contributed by atoms with Gasteiger partial charge in [-0.2, -0.15) is 5.26 Å². The molecule has 0 N–H and O–H groups in total. The monoisotopic (exact) mass is 195 g/mol. The number of carbonyl (C=O) groups excluding carboxylic acids is 1. The quantitative estimate of drug-likeness (QED) is 0.711. The molecule has 1 aromatic rings. The van der Waals surface area contributed by atoms with Gasteiger partial charge in [0.1, 0.15) is 10.0 Å². The van der Waals surface area contributed by atoms with Gasteiger partial charge < -0.3 is 0 Å². The minimum Gasteiger partial charge on any atom is -0.298 e. The van der Waals surface area contributed by atoms with Crippen molar-refractivity contribution < 1.29 is 4.79 Å². The summed E-state index contributed by atoms with van der Waals surface area (Å²) in [6.45, 7) is 4.74. The van der Waals surface area contributed by atoms with Crippen LogP contribution < -0.4 is 0 Å². The number of nitrogens with zero attached hydrogens (tertiary/aromatic N) is 3. The first kappa shape index (κ1) is 9.81. The van der Waals surface area contributed by atoms with Gasteiger partial charge >= 0.3 is 0 Å². The second-order valence-corrected chi connectivity index (χ2v) is 4.10. The van der Waals surface area contributed by atoms with Crippen molar-refractivity contribution >= 4 is 17.1 Å². The number of nitriles is 1. The van der Waals surface area contributed by atoms with E-state index in [2.05, 4.69) is 10.2 Å². The molecule has 1 heterocycles. The Morgan fingerprint density at radius 1 is 1.62 bits per heavy atom. The average molecular weight is 195 g/mol. The lowest BCUT2D eigenvalue weighted by atomic mass is 9.89. The number of ketones is 1. The lowest BCUT2D eigenvalue weighted by Gasteiger charge is -2.12. The third kappa shape index (κ3) is 1.58. The summed E-state index contributed by atoms with van der Waals surface area (Å²) in [4.78, 5) is 11.2. The number of aryl methyl sites for hydroxylation is 1. The van der Waals surface area contributed by atoms with E-state index in [0.717, 1.165) is 5.01 Å². The molecular weight excluding hydrogens is 186 g/mol. The van der Waals surface area contributed by atoms with Crippen LogP contribution in [0.5, 0.6) is 0 Å². The summed E-state index contributed by atoms with van der Waals surface area (Å²) in [6.07, 6.45) is 0. The Kier molecular flexibility index (Phi) is 2.43. The van der Waals surface area contributed by atoms with E-state index < -0.39 is 5.41 Å². The molecule has 0 radical (unpaired) electrons. The lowest BCUT2D eigenvalue weighted by Crippen LogP contribution is -2.28. The Balaban J connectivity index is 3.19. The second-order valence-electron chi connectivity index (χ2n) is 2.92. The zero-order chi connectivity index (χ0) is 10.1. The number of hydrogen-bond acceptors (Lipinski definition) is 5. The van der Waals surface area contributed by atoms with Crippen LogP contribution in [0.3, 0.4) is 0 Å². The van der Waals surface area contributed by atoms with E-state index in [4.69, 9.17) is 5.26 Å². The Bertz CT molecular complexity index is 379. The summed E-state index contributed by atoms with van der Waals surface area (Å²) < 4.78 is 0. The van der Waals surface area contributed by atoms with Crippen LogP contribution in [0, 0.1) is 18.3 Å². The van der Waals surface area contributed by atoms with Crippen molar-refractivity contribution in [2.45, 2.75) is 26.2 Å². The highest BCUT2D eigenvalue weighted by Gasteiger charge is 2.35. The third-order valence-corrected chi connectivity index (χ3v) is 2.94. The Morgan fingerprint density at radius 2 is 2.23 bits per heavy atom. The van der Waals surface area contributed by atoms with Crippen LogP contribution in [-0.2, 0) is 10.2 Å². The molecule has 68 valence electrons. The van der Waals surface area contributed by atoms with Crippen LogP contribution in [0.1, 0.15) is 23.9 Å². The van der Waals surface area contributed by atoms with Gasteiger partial charge in [-0.15, -0.1) is 10.2 Å². The molecule has 0 spiro atoms. The molecule has 0 saturated heterocycles. The maximum absolute atomic E-state index is 11.2. The van der Waals surface area contributed by atoms with Gasteiger partial charge in [0.2, 0.25) is 0 Å². The summed E-state index contributed by atoms with van der Waals surface area (Å²) in [5.41, 5.74) is -1.13. The van der Waals surface area contributed by atoms with Gasteiger partial charge in [-0.05, 0) is 20.8 Å². The number of rotatable bonds is 2. The summed E-state index contributed by atoms with van der Waals surface area (Å²) in [5.74, 6) is -0.203. The van der Waals surface area contributed by atoms with Crippen molar-refractivity contribution in [3.05, 3.63) is 10.0 Å². The number of hydrogen-bond donors (Lipinski definition) is 0. The summed E-state index contributed by atoms with van der Waals surface area (Å²) >= 11 is 1.28. The lowest BCUT2D eigenvalue weighted by molar-refractivity contribution is -0.120. The second kappa shape index (κ2) is 3.23. The van der Waals surface area contributed by atoms with Crippen molar-refractivity contribution in [2.24, 2.45) is 0 Å². The Morgan fingerprint density at radius 3 is 2.54 bits per heavy atom.